The van der Waals surface area contributed by atoms with E-state index in [2.05, 4.69) is 0 Å². The molecule has 1 aromatic carbocycles. The lowest BCUT2D eigenvalue weighted by Gasteiger charge is -2.32. The highest BCUT2D eigenvalue weighted by atomic mass is 16.5. The van der Waals surface area contributed by atoms with Crippen LogP contribution in [0.15, 0.2) is 18.2 Å². The quantitative estimate of drug-likeness (QED) is 0.688. The molecule has 0 bridgehead atoms. The van der Waals surface area contributed by atoms with Gasteiger partial charge in [-0.25, -0.2) is 0 Å². The number of rotatable bonds is 8. The van der Waals surface area contributed by atoms with Crippen LogP contribution in [0.3, 0.4) is 0 Å². The molecular formula is C21H30N2O5. The van der Waals surface area contributed by atoms with Crippen molar-refractivity contribution >= 4 is 17.8 Å². The second kappa shape index (κ2) is 10.1. The number of carbonyl (C=O) groups excluding carboxylic acids is 2. The van der Waals surface area contributed by atoms with Gasteiger partial charge in [0.1, 0.15) is 5.75 Å². The molecule has 1 aromatic rings. The van der Waals surface area contributed by atoms with E-state index in [-0.39, 0.29) is 24.9 Å². The van der Waals surface area contributed by atoms with Crippen LogP contribution in [0.4, 0.5) is 0 Å². The fraction of sp³-hybridized carbons (Fsp3) is 0.571. The highest BCUT2D eigenvalue weighted by Gasteiger charge is 2.28. The molecule has 2 rings (SSSR count). The summed E-state index contributed by atoms with van der Waals surface area (Å²) in [5, 5.41) is 9.13. The maximum atomic E-state index is 12.4. The van der Waals surface area contributed by atoms with E-state index in [1.165, 1.54) is 10.5 Å². The topological polar surface area (TPSA) is 87.2 Å². The molecule has 1 heterocycles. The van der Waals surface area contributed by atoms with E-state index in [0.717, 1.165) is 11.3 Å². The van der Waals surface area contributed by atoms with Crippen molar-refractivity contribution in [3.05, 3.63) is 29.3 Å². The van der Waals surface area contributed by atoms with Crippen LogP contribution in [0.2, 0.25) is 0 Å². The van der Waals surface area contributed by atoms with Crippen LogP contribution in [0, 0.1) is 19.8 Å². The minimum absolute atomic E-state index is 0.0246. The molecule has 154 valence electrons. The third-order valence-corrected chi connectivity index (χ3v) is 5.20. The highest BCUT2D eigenvalue weighted by molar-refractivity contribution is 5.85. The summed E-state index contributed by atoms with van der Waals surface area (Å²) in [7, 11) is 1.60. The lowest BCUT2D eigenvalue weighted by atomic mass is 9.98. The van der Waals surface area contributed by atoms with Crippen LogP contribution in [0.1, 0.15) is 36.8 Å². The first-order valence-corrected chi connectivity index (χ1v) is 9.72. The van der Waals surface area contributed by atoms with Gasteiger partial charge in [-0.05, 0) is 56.4 Å². The Morgan fingerprint density at radius 3 is 2.68 bits per heavy atom. The molecule has 7 nitrogen and oxygen atoms in total. The SMILES string of the molecule is Cc1ccc(OCCCC(=O)N(C)CC(=O)N2CCCC(C(=O)O)C2)cc1C. The largest absolute Gasteiger partial charge is 0.494 e. The number of likely N-dealkylation sites (N-methyl/N-ethyl adjacent to an activating group) is 1. The lowest BCUT2D eigenvalue weighted by Crippen LogP contribution is -2.46. The molecule has 0 aromatic heterocycles. The number of amides is 2. The van der Waals surface area contributed by atoms with Crippen LogP contribution in [0.5, 0.6) is 5.75 Å². The normalized spacial score (nSPS) is 16.5. The Morgan fingerprint density at radius 1 is 1.25 bits per heavy atom. The van der Waals surface area contributed by atoms with Gasteiger partial charge in [0.25, 0.3) is 0 Å². The number of nitrogens with zero attached hydrogens (tertiary/aromatic N) is 2. The smallest absolute Gasteiger partial charge is 0.308 e. The fourth-order valence-corrected chi connectivity index (χ4v) is 3.20. The van der Waals surface area contributed by atoms with E-state index >= 15 is 0 Å². The van der Waals surface area contributed by atoms with Crippen molar-refractivity contribution in [1.29, 1.82) is 0 Å². The zero-order valence-electron chi connectivity index (χ0n) is 16.9. The molecule has 2 amide bonds. The zero-order chi connectivity index (χ0) is 20.7. The monoisotopic (exact) mass is 390 g/mol. The summed E-state index contributed by atoms with van der Waals surface area (Å²) in [6, 6.07) is 5.90. The van der Waals surface area contributed by atoms with Crippen LogP contribution in [-0.2, 0) is 14.4 Å². The van der Waals surface area contributed by atoms with Gasteiger partial charge in [-0.1, -0.05) is 6.07 Å². The predicted octanol–water partition coefficient (Wildman–Crippen LogP) is 2.24. The number of carboxylic acids is 1. The van der Waals surface area contributed by atoms with Gasteiger partial charge in [0.15, 0.2) is 0 Å². The first-order chi connectivity index (χ1) is 13.3. The van der Waals surface area contributed by atoms with Gasteiger partial charge in [0, 0.05) is 26.6 Å². The maximum absolute atomic E-state index is 12.4. The molecule has 28 heavy (non-hydrogen) atoms. The minimum atomic E-state index is -0.870. The van der Waals surface area contributed by atoms with Crippen molar-refractivity contribution in [2.75, 3.05) is 33.3 Å². The van der Waals surface area contributed by atoms with E-state index in [9.17, 15) is 14.4 Å². The third-order valence-electron chi connectivity index (χ3n) is 5.20. The average molecular weight is 390 g/mol. The number of hydrogen-bond donors (Lipinski definition) is 1. The molecule has 0 spiro atoms. The number of hydrogen-bond acceptors (Lipinski definition) is 4. The predicted molar refractivity (Wildman–Crippen MR) is 105 cm³/mol. The van der Waals surface area contributed by atoms with E-state index in [1.54, 1.807) is 11.9 Å². The summed E-state index contributed by atoms with van der Waals surface area (Å²) < 4.78 is 5.68. The van der Waals surface area contributed by atoms with Crippen molar-refractivity contribution in [1.82, 2.24) is 9.80 Å². The van der Waals surface area contributed by atoms with Crippen molar-refractivity contribution in [2.24, 2.45) is 5.92 Å². The average Bonchev–Trinajstić information content (AvgIpc) is 2.67. The standard InChI is InChI=1S/C21H30N2O5/c1-15-8-9-18(12-16(15)2)28-11-5-7-19(24)22(3)14-20(25)23-10-4-6-17(13-23)21(26)27/h8-9,12,17H,4-7,10-11,13-14H2,1-3H3,(H,26,27). The molecular weight excluding hydrogens is 360 g/mol. The Balaban J connectivity index is 1.71. The summed E-state index contributed by atoms with van der Waals surface area (Å²) in [5.41, 5.74) is 2.37. The number of likely N-dealkylation sites (tertiary alicyclic amines) is 1. The van der Waals surface area contributed by atoms with Crippen molar-refractivity contribution in [3.8, 4) is 5.75 Å². The van der Waals surface area contributed by atoms with Crippen LogP contribution < -0.4 is 4.74 Å². The van der Waals surface area contributed by atoms with Crippen molar-refractivity contribution in [3.63, 3.8) is 0 Å². The van der Waals surface area contributed by atoms with Gasteiger partial charge >= 0.3 is 5.97 Å². The number of ether oxygens (including phenoxy) is 1. The van der Waals surface area contributed by atoms with Crippen LogP contribution >= 0.6 is 0 Å². The molecule has 1 fully saturated rings. The summed E-state index contributed by atoms with van der Waals surface area (Å²) in [5.74, 6) is -0.916. The number of carbonyl (C=O) groups is 3. The second-order valence-corrected chi connectivity index (χ2v) is 7.47. The van der Waals surface area contributed by atoms with E-state index in [4.69, 9.17) is 9.84 Å². The van der Waals surface area contributed by atoms with E-state index < -0.39 is 11.9 Å². The van der Waals surface area contributed by atoms with Gasteiger partial charge < -0.3 is 19.6 Å². The van der Waals surface area contributed by atoms with Crippen molar-refractivity contribution in [2.45, 2.75) is 39.5 Å². The fourth-order valence-electron chi connectivity index (χ4n) is 3.20. The van der Waals surface area contributed by atoms with Gasteiger partial charge in [-0.2, -0.15) is 0 Å². The van der Waals surface area contributed by atoms with Gasteiger partial charge in [-0.15, -0.1) is 0 Å². The Kier molecular flexibility index (Phi) is 7.84. The van der Waals surface area contributed by atoms with Crippen LogP contribution in [-0.4, -0.2) is 66.0 Å². The Bertz CT molecular complexity index is 719. The first kappa shape index (κ1) is 21.7. The minimum Gasteiger partial charge on any atom is -0.494 e. The molecule has 1 saturated heterocycles. The summed E-state index contributed by atoms with van der Waals surface area (Å²) in [6.07, 6.45) is 2.13. The molecule has 1 N–H and O–H groups in total. The maximum Gasteiger partial charge on any atom is 0.308 e. The summed E-state index contributed by atoms with van der Waals surface area (Å²) in [6.45, 7) is 5.25. The van der Waals surface area contributed by atoms with E-state index in [1.807, 2.05) is 32.0 Å². The number of aliphatic carboxylic acids is 1. The molecule has 0 radical (unpaired) electrons. The molecule has 1 aliphatic heterocycles. The molecule has 1 aliphatic rings. The number of aryl methyl sites for hydroxylation is 2. The Morgan fingerprint density at radius 2 is 2.00 bits per heavy atom. The lowest BCUT2D eigenvalue weighted by molar-refractivity contribution is -0.147. The van der Waals surface area contributed by atoms with E-state index in [0.29, 0.717) is 38.8 Å². The summed E-state index contributed by atoms with van der Waals surface area (Å²) in [4.78, 5) is 38.7. The molecule has 0 aliphatic carbocycles. The first-order valence-electron chi connectivity index (χ1n) is 9.72. The molecule has 0 saturated carbocycles. The van der Waals surface area contributed by atoms with Crippen molar-refractivity contribution < 1.29 is 24.2 Å². The van der Waals surface area contributed by atoms with Gasteiger partial charge in [0.2, 0.25) is 11.8 Å². The zero-order valence-corrected chi connectivity index (χ0v) is 16.9. The second-order valence-electron chi connectivity index (χ2n) is 7.47. The Labute approximate surface area is 166 Å². The Hall–Kier alpha value is -2.57. The molecule has 1 unspecified atom stereocenters. The van der Waals surface area contributed by atoms with Gasteiger partial charge in [0.05, 0.1) is 19.1 Å². The highest BCUT2D eigenvalue weighted by Crippen LogP contribution is 2.18. The van der Waals surface area contributed by atoms with Crippen LogP contribution in [0.25, 0.3) is 0 Å². The molecule has 1 atom stereocenters. The number of piperidine rings is 1. The number of carboxylic acid groups (broad SMARTS) is 1. The van der Waals surface area contributed by atoms with Gasteiger partial charge in [-0.3, -0.25) is 14.4 Å². The third kappa shape index (κ3) is 6.25. The number of benzene rings is 1. The summed E-state index contributed by atoms with van der Waals surface area (Å²) >= 11 is 0. The molecule has 7 heteroatoms.